The maximum absolute atomic E-state index is 13.9. The highest BCUT2D eigenvalue weighted by molar-refractivity contribution is 5.93. The lowest BCUT2D eigenvalue weighted by molar-refractivity contribution is -0.143. The van der Waals surface area contributed by atoms with Crippen molar-refractivity contribution in [2.45, 2.75) is 97.4 Å². The Balaban J connectivity index is 3.53. The number of carbonyl (C=O) groups is 4. The molecule has 0 fully saturated rings. The van der Waals surface area contributed by atoms with Crippen LogP contribution in [0.5, 0.6) is 5.75 Å². The van der Waals surface area contributed by atoms with Gasteiger partial charge in [0.05, 0.1) is 0 Å². The summed E-state index contributed by atoms with van der Waals surface area (Å²) in [5.41, 5.74) is 4.14. The molecule has 0 bridgehead atoms. The van der Waals surface area contributed by atoms with Crippen molar-refractivity contribution in [2.75, 3.05) is 6.54 Å². The molecule has 5 N–H and O–H groups in total. The second-order valence-corrected chi connectivity index (χ2v) is 10.8. The fourth-order valence-electron chi connectivity index (χ4n) is 3.50. The van der Waals surface area contributed by atoms with Crippen molar-refractivity contribution in [3.05, 3.63) is 29.8 Å². The summed E-state index contributed by atoms with van der Waals surface area (Å²) in [6.45, 7) is 12.6. The van der Waals surface area contributed by atoms with Crippen LogP contribution in [0.4, 0.5) is 4.79 Å². The summed E-state index contributed by atoms with van der Waals surface area (Å²) >= 11 is 0. The molecule has 10 nitrogen and oxygen atoms in total. The van der Waals surface area contributed by atoms with Crippen molar-refractivity contribution in [2.24, 2.45) is 5.73 Å². The summed E-state index contributed by atoms with van der Waals surface area (Å²) in [5, 5.41) is 16.0. The summed E-state index contributed by atoms with van der Waals surface area (Å²) in [6, 6.07) is 3.95. The van der Waals surface area contributed by atoms with Crippen LogP contribution in [0.2, 0.25) is 0 Å². The van der Waals surface area contributed by atoms with Crippen LogP contribution in [0.25, 0.3) is 0 Å². The number of aromatic hydroxyl groups is 1. The van der Waals surface area contributed by atoms with Crippen LogP contribution in [0.1, 0.15) is 85.8 Å². The number of amides is 4. The van der Waals surface area contributed by atoms with E-state index in [2.05, 4.69) is 10.6 Å². The van der Waals surface area contributed by atoms with Gasteiger partial charge in [-0.05, 0) is 60.5 Å². The highest BCUT2D eigenvalue weighted by Gasteiger charge is 2.38. The quantitative estimate of drug-likeness (QED) is 0.362. The Bertz CT molecular complexity index is 920. The molecule has 0 aliphatic carbocycles. The molecule has 1 rings (SSSR count). The molecule has 0 radical (unpaired) electrons. The zero-order valence-corrected chi connectivity index (χ0v) is 22.5. The van der Waals surface area contributed by atoms with E-state index in [-0.39, 0.29) is 30.7 Å². The normalized spacial score (nSPS) is 13.3. The standard InChI is InChI=1S/C26H42N4O6/c1-8-9-16-30(21(22(33)29-25(2,3)4)17-12-10-11-13-19(17)31)23(34)18(14-15-20(27)32)28-24(35)36-26(5,6)7/h10-13,18,21,31H,8-9,14-16H2,1-7H3,(H2,27,32)(H,28,35)(H,29,33). The second kappa shape index (κ2) is 13.1. The van der Waals surface area contributed by atoms with E-state index in [9.17, 15) is 24.3 Å². The Labute approximate surface area is 213 Å². The van der Waals surface area contributed by atoms with Crippen LogP contribution in [0.15, 0.2) is 24.3 Å². The van der Waals surface area contributed by atoms with Crippen molar-refractivity contribution in [3.63, 3.8) is 0 Å². The van der Waals surface area contributed by atoms with E-state index in [1.165, 1.54) is 11.0 Å². The molecular formula is C26H42N4O6. The zero-order chi connectivity index (χ0) is 27.7. The number of nitrogens with two attached hydrogens (primary N) is 1. The molecule has 202 valence electrons. The van der Waals surface area contributed by atoms with Gasteiger partial charge in [0.25, 0.3) is 0 Å². The Morgan fingerprint density at radius 1 is 1.08 bits per heavy atom. The molecule has 1 aromatic carbocycles. The van der Waals surface area contributed by atoms with Gasteiger partial charge in [-0.1, -0.05) is 31.5 Å². The lowest BCUT2D eigenvalue weighted by atomic mass is 9.98. The Hall–Kier alpha value is -3.30. The van der Waals surface area contributed by atoms with E-state index in [4.69, 9.17) is 10.5 Å². The molecule has 0 aliphatic heterocycles. The number of unbranched alkanes of at least 4 members (excludes halogenated alkanes) is 1. The number of phenols is 1. The van der Waals surface area contributed by atoms with Gasteiger partial charge in [-0.3, -0.25) is 14.4 Å². The lowest BCUT2D eigenvalue weighted by Gasteiger charge is -2.36. The van der Waals surface area contributed by atoms with Crippen LogP contribution in [0, 0.1) is 0 Å². The number of para-hydroxylation sites is 1. The summed E-state index contributed by atoms with van der Waals surface area (Å²) in [6.07, 6.45) is 0.212. The van der Waals surface area contributed by atoms with Gasteiger partial charge in [0.2, 0.25) is 17.7 Å². The van der Waals surface area contributed by atoms with Crippen molar-refractivity contribution in [1.29, 1.82) is 0 Å². The summed E-state index contributed by atoms with van der Waals surface area (Å²) < 4.78 is 5.31. The molecular weight excluding hydrogens is 464 g/mol. The first kappa shape index (κ1) is 30.7. The Morgan fingerprint density at radius 3 is 2.19 bits per heavy atom. The first-order chi connectivity index (χ1) is 16.6. The van der Waals surface area contributed by atoms with Crippen LogP contribution in [-0.4, -0.2) is 57.5 Å². The molecule has 0 spiro atoms. The monoisotopic (exact) mass is 506 g/mol. The summed E-state index contributed by atoms with van der Waals surface area (Å²) in [5.74, 6) is -1.86. The minimum atomic E-state index is -1.18. The molecule has 0 saturated heterocycles. The molecule has 4 amide bonds. The van der Waals surface area contributed by atoms with Crippen LogP contribution in [0.3, 0.4) is 0 Å². The van der Waals surface area contributed by atoms with Crippen molar-refractivity contribution >= 4 is 23.8 Å². The third kappa shape index (κ3) is 10.5. The molecule has 0 aromatic heterocycles. The topological polar surface area (TPSA) is 151 Å². The van der Waals surface area contributed by atoms with Gasteiger partial charge < -0.3 is 31.1 Å². The number of phenolic OH excluding ortho intramolecular Hbond substituents is 1. The number of benzene rings is 1. The first-order valence-corrected chi connectivity index (χ1v) is 12.2. The number of ether oxygens (including phenoxy) is 1. The maximum Gasteiger partial charge on any atom is 0.408 e. The van der Waals surface area contributed by atoms with E-state index < -0.39 is 47.0 Å². The molecule has 36 heavy (non-hydrogen) atoms. The number of hydrogen-bond donors (Lipinski definition) is 4. The van der Waals surface area contributed by atoms with E-state index in [1.54, 1.807) is 39.0 Å². The molecule has 0 saturated carbocycles. The van der Waals surface area contributed by atoms with Gasteiger partial charge >= 0.3 is 6.09 Å². The molecule has 0 aliphatic rings. The van der Waals surface area contributed by atoms with Crippen molar-refractivity contribution in [3.8, 4) is 5.75 Å². The SMILES string of the molecule is CCCCN(C(=O)C(CCC(N)=O)NC(=O)OC(C)(C)C)C(C(=O)NC(C)(C)C)c1ccccc1O. The number of carbonyl (C=O) groups excluding carboxylic acids is 4. The Morgan fingerprint density at radius 2 is 1.69 bits per heavy atom. The summed E-state index contributed by atoms with van der Waals surface area (Å²) in [4.78, 5) is 52.8. The average Bonchev–Trinajstić information content (AvgIpc) is 2.71. The number of nitrogens with zero attached hydrogens (tertiary/aromatic N) is 1. The van der Waals surface area contributed by atoms with E-state index >= 15 is 0 Å². The number of hydrogen-bond acceptors (Lipinski definition) is 6. The maximum atomic E-state index is 13.9. The Kier molecular flexibility index (Phi) is 11.2. The summed E-state index contributed by atoms with van der Waals surface area (Å²) in [7, 11) is 0. The van der Waals surface area contributed by atoms with E-state index in [0.29, 0.717) is 6.42 Å². The van der Waals surface area contributed by atoms with Crippen LogP contribution in [-0.2, 0) is 19.1 Å². The highest BCUT2D eigenvalue weighted by atomic mass is 16.6. The van der Waals surface area contributed by atoms with Crippen molar-refractivity contribution in [1.82, 2.24) is 15.5 Å². The minimum absolute atomic E-state index is 0.0790. The molecule has 10 heteroatoms. The number of nitrogens with one attached hydrogen (secondary N) is 2. The number of rotatable bonds is 11. The van der Waals surface area contributed by atoms with E-state index in [0.717, 1.165) is 6.42 Å². The zero-order valence-electron chi connectivity index (χ0n) is 22.5. The predicted molar refractivity (Wildman–Crippen MR) is 137 cm³/mol. The number of alkyl carbamates (subject to hydrolysis) is 1. The third-order valence-electron chi connectivity index (χ3n) is 4.99. The third-order valence-corrected chi connectivity index (χ3v) is 4.99. The molecule has 2 atom stereocenters. The van der Waals surface area contributed by atoms with Crippen molar-refractivity contribution < 1.29 is 29.0 Å². The minimum Gasteiger partial charge on any atom is -0.508 e. The van der Waals surface area contributed by atoms with Crippen LogP contribution >= 0.6 is 0 Å². The number of primary amides is 1. The predicted octanol–water partition coefficient (Wildman–Crippen LogP) is 3.14. The lowest BCUT2D eigenvalue weighted by Crippen LogP contribution is -2.55. The van der Waals surface area contributed by atoms with Gasteiger partial charge in [-0.15, -0.1) is 0 Å². The fraction of sp³-hybridized carbons (Fsp3) is 0.615. The average molecular weight is 507 g/mol. The van der Waals surface area contributed by atoms with Gasteiger partial charge in [-0.2, -0.15) is 0 Å². The largest absolute Gasteiger partial charge is 0.508 e. The molecule has 2 unspecified atom stereocenters. The van der Waals surface area contributed by atoms with Gasteiger partial charge in [0.15, 0.2) is 0 Å². The highest BCUT2D eigenvalue weighted by Crippen LogP contribution is 2.31. The van der Waals surface area contributed by atoms with Gasteiger partial charge in [0.1, 0.15) is 23.4 Å². The second-order valence-electron chi connectivity index (χ2n) is 10.8. The first-order valence-electron chi connectivity index (χ1n) is 12.2. The smallest absolute Gasteiger partial charge is 0.408 e. The van der Waals surface area contributed by atoms with Gasteiger partial charge in [0, 0.05) is 24.1 Å². The van der Waals surface area contributed by atoms with Crippen LogP contribution < -0.4 is 16.4 Å². The van der Waals surface area contributed by atoms with E-state index in [1.807, 2.05) is 27.7 Å². The molecule has 1 aromatic rings. The fourth-order valence-corrected chi connectivity index (χ4v) is 3.50. The molecule has 0 heterocycles. The van der Waals surface area contributed by atoms with Gasteiger partial charge in [-0.25, -0.2) is 4.79 Å².